The fourth-order valence-electron chi connectivity index (χ4n) is 3.19. The van der Waals surface area contributed by atoms with E-state index in [-0.39, 0.29) is 5.75 Å². The zero-order chi connectivity index (χ0) is 17.2. The van der Waals surface area contributed by atoms with Gasteiger partial charge in [0.05, 0.1) is 6.61 Å². The molecule has 5 heteroatoms. The standard InChI is InChI=1S/C20H21NO3S/c1-2-23-16-7-3-4-8-17(16)24-19-15-10-9-14(22)13-18(15)25-20(19)21-11-5-6-12-21/h3-4,7-10,13,22H,2,5-6,11-12H2,1H3. The van der Waals surface area contributed by atoms with Crippen LogP contribution in [0, 0.1) is 0 Å². The predicted molar refractivity (Wildman–Crippen MR) is 103 cm³/mol. The summed E-state index contributed by atoms with van der Waals surface area (Å²) < 4.78 is 13.1. The Morgan fingerprint density at radius 1 is 1.08 bits per heavy atom. The smallest absolute Gasteiger partial charge is 0.169 e. The summed E-state index contributed by atoms with van der Waals surface area (Å²) in [5.41, 5.74) is 0. The van der Waals surface area contributed by atoms with Crippen LogP contribution in [-0.2, 0) is 0 Å². The van der Waals surface area contributed by atoms with E-state index in [0.29, 0.717) is 6.61 Å². The minimum absolute atomic E-state index is 0.281. The zero-order valence-corrected chi connectivity index (χ0v) is 15.0. The topological polar surface area (TPSA) is 41.9 Å². The molecule has 130 valence electrons. The molecule has 4 rings (SSSR count). The van der Waals surface area contributed by atoms with Crippen LogP contribution in [0.15, 0.2) is 42.5 Å². The fraction of sp³-hybridized carbons (Fsp3) is 0.300. The van der Waals surface area contributed by atoms with Gasteiger partial charge >= 0.3 is 0 Å². The van der Waals surface area contributed by atoms with Gasteiger partial charge in [0.1, 0.15) is 10.8 Å². The van der Waals surface area contributed by atoms with Gasteiger partial charge in [-0.1, -0.05) is 12.1 Å². The van der Waals surface area contributed by atoms with E-state index in [1.54, 1.807) is 23.5 Å². The van der Waals surface area contributed by atoms with Gasteiger partial charge in [0.25, 0.3) is 0 Å². The molecule has 1 aliphatic heterocycles. The van der Waals surface area contributed by atoms with Gasteiger partial charge in [-0.15, -0.1) is 11.3 Å². The highest BCUT2D eigenvalue weighted by Crippen LogP contribution is 2.49. The maximum Gasteiger partial charge on any atom is 0.169 e. The number of ether oxygens (including phenoxy) is 2. The number of nitrogens with zero attached hydrogens (tertiary/aromatic N) is 1. The molecule has 0 atom stereocenters. The maximum absolute atomic E-state index is 9.83. The minimum Gasteiger partial charge on any atom is -0.508 e. The third-order valence-corrected chi connectivity index (χ3v) is 5.56. The number of para-hydroxylation sites is 2. The van der Waals surface area contributed by atoms with Crippen molar-refractivity contribution in [2.75, 3.05) is 24.6 Å². The van der Waals surface area contributed by atoms with Crippen molar-refractivity contribution in [3.05, 3.63) is 42.5 Å². The first-order valence-electron chi connectivity index (χ1n) is 8.66. The predicted octanol–water partition coefficient (Wildman–Crippen LogP) is 5.40. The first-order chi connectivity index (χ1) is 12.3. The van der Waals surface area contributed by atoms with Crippen molar-refractivity contribution in [2.45, 2.75) is 19.8 Å². The molecule has 1 N–H and O–H groups in total. The Morgan fingerprint density at radius 2 is 1.84 bits per heavy atom. The van der Waals surface area contributed by atoms with Crippen LogP contribution < -0.4 is 14.4 Å². The minimum atomic E-state index is 0.281. The van der Waals surface area contributed by atoms with Crippen molar-refractivity contribution >= 4 is 26.4 Å². The van der Waals surface area contributed by atoms with Gasteiger partial charge in [0.15, 0.2) is 17.2 Å². The average Bonchev–Trinajstić information content (AvgIpc) is 3.25. The molecular weight excluding hydrogens is 334 g/mol. The normalized spacial score (nSPS) is 14.2. The summed E-state index contributed by atoms with van der Waals surface area (Å²) in [5, 5.41) is 12.0. The van der Waals surface area contributed by atoms with E-state index in [0.717, 1.165) is 45.4 Å². The quantitative estimate of drug-likeness (QED) is 0.665. The van der Waals surface area contributed by atoms with Crippen molar-refractivity contribution < 1.29 is 14.6 Å². The molecule has 0 unspecified atom stereocenters. The number of hydrogen-bond acceptors (Lipinski definition) is 5. The van der Waals surface area contributed by atoms with E-state index in [2.05, 4.69) is 4.90 Å². The summed E-state index contributed by atoms with van der Waals surface area (Å²) in [6, 6.07) is 13.2. The van der Waals surface area contributed by atoms with Crippen LogP contribution in [-0.4, -0.2) is 24.8 Å². The number of hydrogen-bond donors (Lipinski definition) is 1. The number of thiophene rings is 1. The van der Waals surface area contributed by atoms with E-state index >= 15 is 0 Å². The van der Waals surface area contributed by atoms with Crippen LogP contribution in [0.5, 0.6) is 23.0 Å². The van der Waals surface area contributed by atoms with Crippen LogP contribution in [0.4, 0.5) is 5.00 Å². The van der Waals surface area contributed by atoms with Crippen molar-refractivity contribution in [1.29, 1.82) is 0 Å². The van der Waals surface area contributed by atoms with Crippen molar-refractivity contribution in [1.82, 2.24) is 0 Å². The van der Waals surface area contributed by atoms with Gasteiger partial charge in [-0.3, -0.25) is 0 Å². The van der Waals surface area contributed by atoms with E-state index < -0.39 is 0 Å². The van der Waals surface area contributed by atoms with Gasteiger partial charge in [-0.05, 0) is 50.1 Å². The van der Waals surface area contributed by atoms with Crippen molar-refractivity contribution in [3.8, 4) is 23.0 Å². The monoisotopic (exact) mass is 355 g/mol. The average molecular weight is 355 g/mol. The van der Waals surface area contributed by atoms with E-state index in [1.807, 2.05) is 37.3 Å². The number of phenols is 1. The number of aromatic hydroxyl groups is 1. The first-order valence-corrected chi connectivity index (χ1v) is 9.48. The van der Waals surface area contributed by atoms with Gasteiger partial charge in [0.2, 0.25) is 0 Å². The SMILES string of the molecule is CCOc1ccccc1Oc1c(N2CCCC2)sc2cc(O)ccc12. The second-order valence-electron chi connectivity index (χ2n) is 6.09. The molecule has 1 aliphatic rings. The fourth-order valence-corrected chi connectivity index (χ4v) is 4.41. The van der Waals surface area contributed by atoms with E-state index in [9.17, 15) is 5.11 Å². The largest absolute Gasteiger partial charge is 0.508 e. The summed E-state index contributed by atoms with van der Waals surface area (Å²) >= 11 is 1.67. The molecule has 0 aliphatic carbocycles. The number of benzene rings is 2. The Labute approximate surface area is 151 Å². The highest BCUT2D eigenvalue weighted by Gasteiger charge is 2.23. The molecule has 1 saturated heterocycles. The van der Waals surface area contributed by atoms with Crippen LogP contribution in [0.3, 0.4) is 0 Å². The third-order valence-electron chi connectivity index (χ3n) is 4.36. The number of rotatable bonds is 5. The molecule has 0 spiro atoms. The second-order valence-corrected chi connectivity index (χ2v) is 7.12. The van der Waals surface area contributed by atoms with Crippen LogP contribution in [0.2, 0.25) is 0 Å². The Kier molecular flexibility index (Phi) is 4.40. The molecule has 0 saturated carbocycles. The second kappa shape index (κ2) is 6.84. The Morgan fingerprint density at radius 3 is 2.60 bits per heavy atom. The summed E-state index contributed by atoms with van der Waals surface area (Å²) in [4.78, 5) is 2.38. The summed E-state index contributed by atoms with van der Waals surface area (Å²) in [5.74, 6) is 2.60. The lowest BCUT2D eigenvalue weighted by atomic mass is 10.2. The van der Waals surface area contributed by atoms with Gasteiger partial charge in [-0.25, -0.2) is 0 Å². The van der Waals surface area contributed by atoms with Crippen LogP contribution in [0.1, 0.15) is 19.8 Å². The van der Waals surface area contributed by atoms with E-state index in [1.165, 1.54) is 12.8 Å². The molecule has 4 nitrogen and oxygen atoms in total. The summed E-state index contributed by atoms with van der Waals surface area (Å²) in [6.07, 6.45) is 2.41. The van der Waals surface area contributed by atoms with Crippen LogP contribution >= 0.6 is 11.3 Å². The molecule has 2 aromatic carbocycles. The lowest BCUT2D eigenvalue weighted by Crippen LogP contribution is -2.16. The van der Waals surface area contributed by atoms with Crippen molar-refractivity contribution in [3.63, 3.8) is 0 Å². The maximum atomic E-state index is 9.83. The Balaban J connectivity index is 1.81. The first kappa shape index (κ1) is 16.1. The molecule has 1 fully saturated rings. The molecule has 0 radical (unpaired) electrons. The molecular formula is C20H21NO3S. The van der Waals surface area contributed by atoms with Gasteiger partial charge in [0, 0.05) is 23.2 Å². The lowest BCUT2D eigenvalue weighted by molar-refractivity contribution is 0.322. The Hall–Kier alpha value is -2.40. The molecule has 0 amide bonds. The zero-order valence-electron chi connectivity index (χ0n) is 14.2. The highest BCUT2D eigenvalue weighted by atomic mass is 32.1. The van der Waals surface area contributed by atoms with Crippen LogP contribution in [0.25, 0.3) is 10.1 Å². The van der Waals surface area contributed by atoms with Crippen molar-refractivity contribution in [2.24, 2.45) is 0 Å². The molecule has 3 aromatic rings. The van der Waals surface area contributed by atoms with E-state index in [4.69, 9.17) is 9.47 Å². The van der Waals surface area contributed by atoms with Gasteiger partial charge < -0.3 is 19.5 Å². The van der Waals surface area contributed by atoms with Gasteiger partial charge in [-0.2, -0.15) is 0 Å². The molecule has 2 heterocycles. The lowest BCUT2D eigenvalue weighted by Gasteiger charge is -2.18. The number of phenolic OH excluding ortho intramolecular Hbond substituents is 1. The Bertz CT molecular complexity index is 884. The molecule has 25 heavy (non-hydrogen) atoms. The summed E-state index contributed by atoms with van der Waals surface area (Å²) in [7, 11) is 0. The molecule has 0 bridgehead atoms. The highest BCUT2D eigenvalue weighted by molar-refractivity contribution is 7.23. The molecule has 1 aromatic heterocycles. The summed E-state index contributed by atoms with van der Waals surface area (Å²) in [6.45, 7) is 4.65. The number of fused-ring (bicyclic) bond motifs is 1. The number of anilines is 1. The third kappa shape index (κ3) is 3.12.